The van der Waals surface area contributed by atoms with Gasteiger partial charge in [0.15, 0.2) is 5.82 Å². The van der Waals surface area contributed by atoms with E-state index in [1.807, 2.05) is 18.0 Å². The highest BCUT2D eigenvalue weighted by atomic mass is 127. The van der Waals surface area contributed by atoms with Gasteiger partial charge in [0.05, 0.1) is 10.2 Å². The number of hydrogen-bond donors (Lipinski definition) is 1. The fourth-order valence-corrected chi connectivity index (χ4v) is 2.75. The molecule has 1 N–H and O–H groups in total. The first-order chi connectivity index (χ1) is 7.81. The Kier molecular flexibility index (Phi) is 4.66. The van der Waals surface area contributed by atoms with Crippen molar-refractivity contribution in [2.75, 3.05) is 30.0 Å². The maximum Gasteiger partial charge on any atom is 0.160 e. The van der Waals surface area contributed by atoms with E-state index in [0.29, 0.717) is 0 Å². The lowest BCUT2D eigenvalue weighted by atomic mass is 10.3. The quantitative estimate of drug-likeness (QED) is 0.847. The maximum atomic E-state index is 5.66. The molecule has 1 aromatic rings. The van der Waals surface area contributed by atoms with Crippen molar-refractivity contribution in [2.24, 2.45) is 0 Å². The summed E-state index contributed by atoms with van der Waals surface area (Å²) in [7, 11) is 0. The largest absolute Gasteiger partial charge is 0.369 e. The molecule has 1 unspecified atom stereocenters. The normalized spacial score (nSPS) is 20.8. The minimum absolute atomic E-state index is 0.0492. The van der Waals surface area contributed by atoms with Gasteiger partial charge in [-0.3, -0.25) is 0 Å². The Morgan fingerprint density at radius 3 is 3.25 bits per heavy atom. The molecule has 0 radical (unpaired) electrons. The number of aromatic nitrogens is 2. The zero-order valence-corrected chi connectivity index (χ0v) is 12.0. The Morgan fingerprint density at radius 1 is 1.69 bits per heavy atom. The maximum absolute atomic E-state index is 5.66. The van der Waals surface area contributed by atoms with E-state index in [2.05, 4.69) is 44.8 Å². The number of nitrogens with one attached hydrogen (secondary N) is 1. The molecule has 0 bridgehead atoms. The minimum Gasteiger partial charge on any atom is -0.369 e. The lowest BCUT2D eigenvalue weighted by Gasteiger charge is -2.21. The third kappa shape index (κ3) is 2.98. The third-order valence-electron chi connectivity index (χ3n) is 2.21. The topological polar surface area (TPSA) is 47.0 Å². The molecule has 4 nitrogen and oxygen atoms in total. The molecule has 1 aliphatic rings. The second-order valence-corrected chi connectivity index (χ2v) is 5.70. The molecule has 0 saturated carbocycles. The Labute approximate surface area is 113 Å². The molecule has 2 heterocycles. The molecule has 6 heteroatoms. The van der Waals surface area contributed by atoms with Gasteiger partial charge in [-0.15, -0.1) is 0 Å². The van der Waals surface area contributed by atoms with Crippen LogP contribution in [0.5, 0.6) is 0 Å². The number of thioether (sulfide) groups is 1. The van der Waals surface area contributed by atoms with Gasteiger partial charge in [0.25, 0.3) is 0 Å². The van der Waals surface area contributed by atoms with E-state index in [0.717, 1.165) is 39.9 Å². The second-order valence-electron chi connectivity index (χ2n) is 3.39. The van der Waals surface area contributed by atoms with Gasteiger partial charge < -0.3 is 10.1 Å². The summed E-state index contributed by atoms with van der Waals surface area (Å²) in [6.07, 6.45) is 1.90. The Morgan fingerprint density at radius 2 is 2.56 bits per heavy atom. The number of halogens is 1. The molecule has 0 aliphatic carbocycles. The van der Waals surface area contributed by atoms with Gasteiger partial charge in [0.1, 0.15) is 11.9 Å². The van der Waals surface area contributed by atoms with Gasteiger partial charge in [-0.25, -0.2) is 9.97 Å². The molecule has 1 saturated heterocycles. The van der Waals surface area contributed by atoms with Crippen molar-refractivity contribution >= 4 is 40.2 Å². The van der Waals surface area contributed by atoms with Crippen molar-refractivity contribution in [1.29, 1.82) is 0 Å². The van der Waals surface area contributed by atoms with Crippen LogP contribution in [-0.4, -0.2) is 34.6 Å². The number of nitrogens with zero attached hydrogens (tertiary/aromatic N) is 2. The summed E-state index contributed by atoms with van der Waals surface area (Å²) < 4.78 is 6.71. The Hall–Kier alpha value is -0.0800. The average Bonchev–Trinajstić information content (AvgIpc) is 2.33. The highest BCUT2D eigenvalue weighted by Crippen LogP contribution is 2.25. The van der Waals surface area contributed by atoms with Crippen LogP contribution >= 0.6 is 34.4 Å². The summed E-state index contributed by atoms with van der Waals surface area (Å²) in [5.41, 5.74) is 0. The molecule has 2 rings (SSSR count). The molecular weight excluding hydrogens is 337 g/mol. The van der Waals surface area contributed by atoms with E-state index >= 15 is 0 Å². The molecule has 88 valence electrons. The van der Waals surface area contributed by atoms with Crippen LogP contribution in [0.1, 0.15) is 18.9 Å². The van der Waals surface area contributed by atoms with Crippen molar-refractivity contribution in [1.82, 2.24) is 9.97 Å². The highest BCUT2D eigenvalue weighted by Gasteiger charge is 2.20. The second kappa shape index (κ2) is 6.02. The minimum atomic E-state index is 0.0492. The molecule has 1 aromatic heterocycles. The van der Waals surface area contributed by atoms with Gasteiger partial charge in [0.2, 0.25) is 0 Å². The van der Waals surface area contributed by atoms with Crippen LogP contribution < -0.4 is 5.32 Å². The average molecular weight is 351 g/mol. The van der Waals surface area contributed by atoms with E-state index in [1.54, 1.807) is 0 Å². The van der Waals surface area contributed by atoms with Crippen LogP contribution in [0.2, 0.25) is 0 Å². The van der Waals surface area contributed by atoms with E-state index in [-0.39, 0.29) is 6.10 Å². The van der Waals surface area contributed by atoms with Crippen molar-refractivity contribution < 1.29 is 4.74 Å². The van der Waals surface area contributed by atoms with Gasteiger partial charge in [0, 0.05) is 24.2 Å². The standard InChI is InChI=1S/C10H14IN3OS/c1-2-12-9-7(11)5-13-10(14-9)8-6-16-4-3-15-8/h5,8H,2-4,6H2,1H3,(H,12,13,14). The summed E-state index contributed by atoms with van der Waals surface area (Å²) in [5.74, 6) is 3.73. The predicted molar refractivity (Wildman–Crippen MR) is 74.9 cm³/mol. The van der Waals surface area contributed by atoms with Crippen molar-refractivity contribution in [3.8, 4) is 0 Å². The van der Waals surface area contributed by atoms with Crippen LogP contribution in [0.3, 0.4) is 0 Å². The zero-order valence-electron chi connectivity index (χ0n) is 9.07. The Balaban J connectivity index is 2.17. The van der Waals surface area contributed by atoms with Crippen molar-refractivity contribution in [3.63, 3.8) is 0 Å². The van der Waals surface area contributed by atoms with Gasteiger partial charge in [-0.05, 0) is 29.5 Å². The van der Waals surface area contributed by atoms with E-state index in [9.17, 15) is 0 Å². The summed E-state index contributed by atoms with van der Waals surface area (Å²) >= 11 is 4.13. The number of rotatable bonds is 3. The van der Waals surface area contributed by atoms with Crippen LogP contribution in [0, 0.1) is 3.57 Å². The first kappa shape index (κ1) is 12.4. The van der Waals surface area contributed by atoms with E-state index in [4.69, 9.17) is 4.74 Å². The SMILES string of the molecule is CCNc1nc(C2CSCCO2)ncc1I. The summed E-state index contributed by atoms with van der Waals surface area (Å²) in [4.78, 5) is 8.87. The fraction of sp³-hybridized carbons (Fsp3) is 0.600. The predicted octanol–water partition coefficient (Wildman–Crippen LogP) is 2.32. The first-order valence-electron chi connectivity index (χ1n) is 5.27. The van der Waals surface area contributed by atoms with Gasteiger partial charge in [-0.1, -0.05) is 0 Å². The molecular formula is C10H14IN3OS. The number of hydrogen-bond acceptors (Lipinski definition) is 5. The zero-order chi connectivity index (χ0) is 11.4. The van der Waals surface area contributed by atoms with Crippen molar-refractivity contribution in [2.45, 2.75) is 13.0 Å². The lowest BCUT2D eigenvalue weighted by Crippen LogP contribution is -2.19. The van der Waals surface area contributed by atoms with Gasteiger partial charge >= 0.3 is 0 Å². The Bertz CT molecular complexity index is 358. The molecule has 0 spiro atoms. The monoisotopic (exact) mass is 351 g/mol. The molecule has 16 heavy (non-hydrogen) atoms. The van der Waals surface area contributed by atoms with Crippen LogP contribution in [-0.2, 0) is 4.74 Å². The van der Waals surface area contributed by atoms with Crippen molar-refractivity contribution in [3.05, 3.63) is 15.6 Å². The third-order valence-corrected chi connectivity index (χ3v) is 3.99. The molecule has 0 aromatic carbocycles. The highest BCUT2D eigenvalue weighted by molar-refractivity contribution is 14.1. The molecule has 1 aliphatic heterocycles. The van der Waals surface area contributed by atoms with Gasteiger partial charge in [-0.2, -0.15) is 11.8 Å². The number of ether oxygens (including phenoxy) is 1. The fourth-order valence-electron chi connectivity index (χ4n) is 1.46. The first-order valence-corrected chi connectivity index (χ1v) is 7.50. The summed E-state index contributed by atoms with van der Waals surface area (Å²) in [5, 5.41) is 3.23. The molecule has 0 amide bonds. The number of anilines is 1. The van der Waals surface area contributed by atoms with Crippen LogP contribution in [0.15, 0.2) is 6.20 Å². The molecule has 1 fully saturated rings. The summed E-state index contributed by atoms with van der Waals surface area (Å²) in [6.45, 7) is 3.72. The smallest absolute Gasteiger partial charge is 0.160 e. The van der Waals surface area contributed by atoms with E-state index in [1.165, 1.54) is 0 Å². The van der Waals surface area contributed by atoms with Crippen LogP contribution in [0.25, 0.3) is 0 Å². The summed E-state index contributed by atoms with van der Waals surface area (Å²) in [6, 6.07) is 0. The van der Waals surface area contributed by atoms with E-state index < -0.39 is 0 Å². The molecule has 1 atom stereocenters. The lowest BCUT2D eigenvalue weighted by molar-refractivity contribution is 0.0695. The van der Waals surface area contributed by atoms with Crippen LogP contribution in [0.4, 0.5) is 5.82 Å².